The quantitative estimate of drug-likeness (QED) is 0.817. The Morgan fingerprint density at radius 2 is 2.00 bits per heavy atom. The van der Waals surface area contributed by atoms with Gasteiger partial charge in [-0.25, -0.2) is 4.39 Å². The van der Waals surface area contributed by atoms with Crippen molar-refractivity contribution in [3.05, 3.63) is 30.1 Å². The SMILES string of the molecule is O=C(C[NH+]1CCN(C(=O)C[C@H]2C[C@@H]3CC[C@@H]2C3)CC1)Nc1cccc(F)c1. The molecular formula is C21H29FN3O2+. The lowest BCUT2D eigenvalue weighted by Crippen LogP contribution is -3.15. The Labute approximate surface area is 159 Å². The summed E-state index contributed by atoms with van der Waals surface area (Å²) in [5.41, 5.74) is 0.485. The van der Waals surface area contributed by atoms with Crippen LogP contribution in [0, 0.1) is 23.6 Å². The number of benzene rings is 1. The number of fused-ring (bicyclic) bond motifs is 2. The Morgan fingerprint density at radius 3 is 2.67 bits per heavy atom. The van der Waals surface area contributed by atoms with Crippen LogP contribution in [0.25, 0.3) is 0 Å². The highest BCUT2D eigenvalue weighted by Crippen LogP contribution is 2.49. The molecule has 6 heteroatoms. The van der Waals surface area contributed by atoms with Crippen molar-refractivity contribution in [3.8, 4) is 0 Å². The van der Waals surface area contributed by atoms with Crippen molar-refractivity contribution in [2.24, 2.45) is 17.8 Å². The fourth-order valence-corrected chi connectivity index (χ4v) is 5.23. The van der Waals surface area contributed by atoms with Crippen molar-refractivity contribution in [1.82, 2.24) is 4.90 Å². The van der Waals surface area contributed by atoms with Gasteiger partial charge in [0.2, 0.25) is 5.91 Å². The Kier molecular flexibility index (Phi) is 5.43. The maximum atomic E-state index is 13.2. The molecule has 1 heterocycles. The van der Waals surface area contributed by atoms with Crippen LogP contribution in [0.5, 0.6) is 0 Å². The van der Waals surface area contributed by atoms with Gasteiger partial charge in [-0.1, -0.05) is 12.5 Å². The second kappa shape index (κ2) is 7.97. The van der Waals surface area contributed by atoms with Gasteiger partial charge in [0, 0.05) is 12.1 Å². The molecule has 146 valence electrons. The van der Waals surface area contributed by atoms with Gasteiger partial charge in [0.05, 0.1) is 26.2 Å². The second-order valence-electron chi connectivity index (χ2n) is 8.51. The van der Waals surface area contributed by atoms with Gasteiger partial charge in [0.25, 0.3) is 5.91 Å². The number of carbonyl (C=O) groups is 2. The van der Waals surface area contributed by atoms with Gasteiger partial charge in [0.1, 0.15) is 5.82 Å². The zero-order valence-corrected chi connectivity index (χ0v) is 15.8. The molecule has 0 spiro atoms. The van der Waals surface area contributed by atoms with Gasteiger partial charge in [0.15, 0.2) is 6.54 Å². The average Bonchev–Trinajstić information content (AvgIpc) is 3.25. The molecule has 3 atom stereocenters. The monoisotopic (exact) mass is 374 g/mol. The summed E-state index contributed by atoms with van der Waals surface area (Å²) in [5.74, 6) is 2.11. The molecule has 2 aliphatic carbocycles. The fraction of sp³-hybridized carbons (Fsp3) is 0.619. The molecule has 1 saturated heterocycles. The molecule has 5 nitrogen and oxygen atoms in total. The third kappa shape index (κ3) is 4.49. The van der Waals surface area contributed by atoms with E-state index in [-0.39, 0.29) is 11.7 Å². The van der Waals surface area contributed by atoms with Crippen LogP contribution < -0.4 is 10.2 Å². The minimum Gasteiger partial charge on any atom is -0.331 e. The van der Waals surface area contributed by atoms with Crippen LogP contribution in [0.15, 0.2) is 24.3 Å². The van der Waals surface area contributed by atoms with Crippen LogP contribution in [0.4, 0.5) is 10.1 Å². The van der Waals surface area contributed by atoms with E-state index in [4.69, 9.17) is 0 Å². The number of hydrogen-bond acceptors (Lipinski definition) is 2. The molecule has 1 aliphatic heterocycles. The van der Waals surface area contributed by atoms with Crippen molar-refractivity contribution in [1.29, 1.82) is 0 Å². The molecule has 2 bridgehead atoms. The molecule has 2 amide bonds. The van der Waals surface area contributed by atoms with Crippen LogP contribution in [-0.2, 0) is 9.59 Å². The first kappa shape index (κ1) is 18.4. The molecule has 2 N–H and O–H groups in total. The first-order valence-electron chi connectivity index (χ1n) is 10.2. The van der Waals surface area contributed by atoms with Crippen molar-refractivity contribution in [2.45, 2.75) is 32.1 Å². The minimum atomic E-state index is -0.359. The van der Waals surface area contributed by atoms with Crippen molar-refractivity contribution in [3.63, 3.8) is 0 Å². The molecule has 3 fully saturated rings. The maximum Gasteiger partial charge on any atom is 0.279 e. The lowest BCUT2D eigenvalue weighted by Gasteiger charge is -2.33. The topological polar surface area (TPSA) is 53.9 Å². The largest absolute Gasteiger partial charge is 0.331 e. The predicted octanol–water partition coefficient (Wildman–Crippen LogP) is 1.32. The van der Waals surface area contributed by atoms with E-state index >= 15 is 0 Å². The van der Waals surface area contributed by atoms with E-state index in [2.05, 4.69) is 5.32 Å². The number of anilines is 1. The van der Waals surface area contributed by atoms with Gasteiger partial charge in [-0.2, -0.15) is 0 Å². The van der Waals surface area contributed by atoms with Crippen molar-refractivity contribution < 1.29 is 18.9 Å². The molecule has 0 aromatic heterocycles. The third-order valence-corrected chi connectivity index (χ3v) is 6.66. The highest BCUT2D eigenvalue weighted by atomic mass is 19.1. The number of nitrogens with one attached hydrogen (secondary N) is 2. The van der Waals surface area contributed by atoms with E-state index in [1.165, 1.54) is 42.7 Å². The summed E-state index contributed by atoms with van der Waals surface area (Å²) >= 11 is 0. The Bertz CT molecular complexity index is 702. The van der Waals surface area contributed by atoms with E-state index < -0.39 is 0 Å². The molecule has 2 saturated carbocycles. The summed E-state index contributed by atoms with van der Waals surface area (Å²) in [4.78, 5) is 28.0. The minimum absolute atomic E-state index is 0.114. The summed E-state index contributed by atoms with van der Waals surface area (Å²) in [5, 5.41) is 2.75. The molecule has 0 radical (unpaired) electrons. The summed E-state index contributed by atoms with van der Waals surface area (Å²) in [6.07, 6.45) is 6.00. The molecule has 3 aliphatic rings. The lowest BCUT2D eigenvalue weighted by atomic mass is 9.86. The number of piperazine rings is 1. The van der Waals surface area contributed by atoms with E-state index in [9.17, 15) is 14.0 Å². The molecule has 0 unspecified atom stereocenters. The molecule has 1 aromatic rings. The highest BCUT2D eigenvalue weighted by Gasteiger charge is 2.41. The standard InChI is InChI=1S/C21H28FN3O2/c22-18-2-1-3-19(13-18)23-20(26)14-24-6-8-25(9-7-24)21(27)12-17-11-15-4-5-16(17)10-15/h1-3,13,15-17H,4-12,14H2,(H,23,26)/p+1/t15-,16-,17-/m1/s1. The zero-order chi connectivity index (χ0) is 18.8. The molecule has 4 rings (SSSR count). The van der Waals surface area contributed by atoms with Crippen LogP contribution in [0.2, 0.25) is 0 Å². The van der Waals surface area contributed by atoms with Gasteiger partial charge in [-0.3, -0.25) is 9.59 Å². The van der Waals surface area contributed by atoms with Crippen molar-refractivity contribution >= 4 is 17.5 Å². The smallest absolute Gasteiger partial charge is 0.279 e. The highest BCUT2D eigenvalue weighted by molar-refractivity contribution is 5.91. The van der Waals surface area contributed by atoms with E-state index in [0.717, 1.165) is 44.4 Å². The van der Waals surface area contributed by atoms with Gasteiger partial charge in [-0.05, 0) is 55.2 Å². The summed E-state index contributed by atoms with van der Waals surface area (Å²) in [7, 11) is 0. The van der Waals surface area contributed by atoms with Crippen LogP contribution >= 0.6 is 0 Å². The molecular weight excluding hydrogens is 345 g/mol. The Morgan fingerprint density at radius 1 is 1.19 bits per heavy atom. The number of nitrogens with zero attached hydrogens (tertiary/aromatic N) is 1. The first-order chi connectivity index (χ1) is 13.1. The van der Waals surface area contributed by atoms with Crippen molar-refractivity contribution in [2.75, 3.05) is 38.0 Å². The van der Waals surface area contributed by atoms with Crippen LogP contribution in [0.1, 0.15) is 32.1 Å². The molecule has 1 aromatic carbocycles. The Hall–Kier alpha value is -1.95. The second-order valence-corrected chi connectivity index (χ2v) is 8.51. The predicted molar refractivity (Wildman–Crippen MR) is 101 cm³/mol. The van der Waals surface area contributed by atoms with E-state index in [1.807, 2.05) is 4.90 Å². The van der Waals surface area contributed by atoms with E-state index in [0.29, 0.717) is 24.1 Å². The van der Waals surface area contributed by atoms with Gasteiger partial charge in [-0.15, -0.1) is 0 Å². The van der Waals surface area contributed by atoms with E-state index in [1.54, 1.807) is 12.1 Å². The Balaban J connectivity index is 1.19. The van der Waals surface area contributed by atoms with Gasteiger partial charge < -0.3 is 15.1 Å². The summed E-state index contributed by atoms with van der Waals surface area (Å²) < 4.78 is 13.2. The van der Waals surface area contributed by atoms with Crippen LogP contribution in [0.3, 0.4) is 0 Å². The maximum absolute atomic E-state index is 13.2. The summed E-state index contributed by atoms with van der Waals surface area (Å²) in [6.45, 7) is 3.38. The number of quaternary nitrogens is 1. The van der Waals surface area contributed by atoms with Gasteiger partial charge >= 0.3 is 0 Å². The number of carbonyl (C=O) groups excluding carboxylic acids is 2. The molecule has 27 heavy (non-hydrogen) atoms. The zero-order valence-electron chi connectivity index (χ0n) is 15.8. The average molecular weight is 374 g/mol. The first-order valence-corrected chi connectivity index (χ1v) is 10.2. The fourth-order valence-electron chi connectivity index (χ4n) is 5.23. The normalized spacial score (nSPS) is 27.7. The number of rotatable bonds is 5. The third-order valence-electron chi connectivity index (χ3n) is 6.66. The number of amides is 2. The van der Waals surface area contributed by atoms with Crippen LogP contribution in [-0.4, -0.2) is 49.4 Å². The number of hydrogen-bond donors (Lipinski definition) is 2. The lowest BCUT2D eigenvalue weighted by molar-refractivity contribution is -0.895. The number of halogens is 1. The summed E-state index contributed by atoms with van der Waals surface area (Å²) in [6, 6.07) is 5.94.